The number of hydrogen-bond acceptors (Lipinski definition) is 3. The van der Waals surface area contributed by atoms with E-state index in [1.165, 1.54) is 5.56 Å². The minimum absolute atomic E-state index is 0.00917. The molecule has 0 aliphatic carbocycles. The van der Waals surface area contributed by atoms with E-state index < -0.39 is 0 Å². The molecule has 0 radical (unpaired) electrons. The molecule has 1 aliphatic heterocycles. The highest BCUT2D eigenvalue weighted by Gasteiger charge is 2.29. The molecule has 1 unspecified atom stereocenters. The lowest BCUT2D eigenvalue weighted by molar-refractivity contribution is 0.191. The van der Waals surface area contributed by atoms with Gasteiger partial charge in [-0.3, -0.25) is 0 Å². The average Bonchev–Trinajstić information content (AvgIpc) is 3.14. The van der Waals surface area contributed by atoms with E-state index in [4.69, 9.17) is 4.42 Å². The van der Waals surface area contributed by atoms with Crippen molar-refractivity contribution in [3.05, 3.63) is 46.5 Å². The van der Waals surface area contributed by atoms with Crippen molar-refractivity contribution in [2.24, 2.45) is 0 Å². The number of amides is 2. The Balaban J connectivity index is 1.62. The van der Waals surface area contributed by atoms with Crippen LogP contribution in [0, 0.1) is 0 Å². The van der Waals surface area contributed by atoms with Crippen LogP contribution in [0.2, 0.25) is 0 Å². The fourth-order valence-corrected chi connectivity index (χ4v) is 3.21. The van der Waals surface area contributed by atoms with E-state index in [0.717, 1.165) is 25.1 Å². The zero-order valence-electron chi connectivity index (χ0n) is 10.5. The summed E-state index contributed by atoms with van der Waals surface area (Å²) in [5.74, 6) is 0.777. The number of carbonyl (C=O) groups is 1. The van der Waals surface area contributed by atoms with Crippen molar-refractivity contribution in [2.75, 3.05) is 6.54 Å². The van der Waals surface area contributed by atoms with Gasteiger partial charge in [0.2, 0.25) is 0 Å². The monoisotopic (exact) mass is 276 g/mol. The van der Waals surface area contributed by atoms with Crippen LogP contribution in [0.4, 0.5) is 4.79 Å². The summed E-state index contributed by atoms with van der Waals surface area (Å²) in [6.45, 7) is 1.27. The highest BCUT2D eigenvalue weighted by atomic mass is 32.1. The van der Waals surface area contributed by atoms with E-state index in [1.807, 2.05) is 17.0 Å². The van der Waals surface area contributed by atoms with Crippen molar-refractivity contribution in [3.8, 4) is 0 Å². The van der Waals surface area contributed by atoms with E-state index in [0.29, 0.717) is 6.54 Å². The van der Waals surface area contributed by atoms with Crippen molar-refractivity contribution >= 4 is 17.4 Å². The molecule has 0 aromatic carbocycles. The van der Waals surface area contributed by atoms with Crippen LogP contribution in [0.15, 0.2) is 39.6 Å². The summed E-state index contributed by atoms with van der Waals surface area (Å²) < 4.78 is 5.21. The molecule has 3 rings (SSSR count). The zero-order valence-corrected chi connectivity index (χ0v) is 11.4. The van der Waals surface area contributed by atoms with Gasteiger partial charge in [0.25, 0.3) is 0 Å². The molecule has 0 spiro atoms. The third-order valence-corrected chi connectivity index (χ3v) is 4.14. The smallest absolute Gasteiger partial charge is 0.318 e. The molecule has 1 fully saturated rings. The molecular formula is C14H16N2O2S. The second kappa shape index (κ2) is 5.48. The molecule has 0 bridgehead atoms. The molecule has 1 aliphatic rings. The molecule has 1 saturated heterocycles. The molecule has 1 atom stereocenters. The Hall–Kier alpha value is -1.75. The first-order chi connectivity index (χ1) is 9.34. The van der Waals surface area contributed by atoms with Crippen LogP contribution in [-0.4, -0.2) is 17.5 Å². The Bertz CT molecular complexity index is 522. The Kier molecular flexibility index (Phi) is 3.55. The molecular weight excluding hydrogens is 260 g/mol. The Morgan fingerprint density at radius 1 is 1.53 bits per heavy atom. The number of urea groups is 1. The number of hydrogen-bond donors (Lipinski definition) is 1. The summed E-state index contributed by atoms with van der Waals surface area (Å²) in [7, 11) is 0. The van der Waals surface area contributed by atoms with E-state index in [-0.39, 0.29) is 12.1 Å². The van der Waals surface area contributed by atoms with Gasteiger partial charge >= 0.3 is 6.03 Å². The average molecular weight is 276 g/mol. The van der Waals surface area contributed by atoms with Gasteiger partial charge in [-0.05, 0) is 47.4 Å². The SMILES string of the molecule is O=C(NCc1ccco1)N1CCCC1c1ccsc1. The predicted molar refractivity (Wildman–Crippen MR) is 73.9 cm³/mol. The molecule has 5 heteroatoms. The first-order valence-electron chi connectivity index (χ1n) is 6.43. The number of furan rings is 1. The van der Waals surface area contributed by atoms with Gasteiger partial charge in [-0.1, -0.05) is 0 Å². The predicted octanol–water partition coefficient (Wildman–Crippen LogP) is 3.39. The molecule has 100 valence electrons. The fraction of sp³-hybridized carbons (Fsp3) is 0.357. The molecule has 19 heavy (non-hydrogen) atoms. The minimum atomic E-state index is -0.00917. The van der Waals surface area contributed by atoms with Crippen LogP contribution in [-0.2, 0) is 6.54 Å². The molecule has 4 nitrogen and oxygen atoms in total. The Morgan fingerprint density at radius 2 is 2.47 bits per heavy atom. The molecule has 2 aromatic rings. The van der Waals surface area contributed by atoms with Gasteiger partial charge in [0.05, 0.1) is 18.8 Å². The first kappa shape index (κ1) is 12.3. The fourth-order valence-electron chi connectivity index (χ4n) is 2.50. The lowest BCUT2D eigenvalue weighted by Gasteiger charge is -2.24. The standard InChI is InChI=1S/C14H16N2O2S/c17-14(15-9-12-3-2-7-18-12)16-6-1-4-13(16)11-5-8-19-10-11/h2-3,5,7-8,10,13H,1,4,6,9H2,(H,15,17). The third-order valence-electron chi connectivity index (χ3n) is 3.44. The van der Waals surface area contributed by atoms with E-state index >= 15 is 0 Å². The van der Waals surface area contributed by atoms with Gasteiger partial charge in [0.1, 0.15) is 5.76 Å². The maximum absolute atomic E-state index is 12.2. The number of carbonyl (C=O) groups excluding carboxylic acids is 1. The van der Waals surface area contributed by atoms with Gasteiger partial charge in [0, 0.05) is 6.54 Å². The van der Waals surface area contributed by atoms with Gasteiger partial charge in [-0.15, -0.1) is 0 Å². The Labute approximate surface area is 116 Å². The van der Waals surface area contributed by atoms with Gasteiger partial charge in [-0.2, -0.15) is 11.3 Å². The number of likely N-dealkylation sites (tertiary alicyclic amines) is 1. The van der Waals surface area contributed by atoms with Crippen molar-refractivity contribution in [1.82, 2.24) is 10.2 Å². The lowest BCUT2D eigenvalue weighted by atomic mass is 10.1. The van der Waals surface area contributed by atoms with Gasteiger partial charge < -0.3 is 14.6 Å². The van der Waals surface area contributed by atoms with Crippen LogP contribution >= 0.6 is 11.3 Å². The quantitative estimate of drug-likeness (QED) is 0.934. The maximum atomic E-state index is 12.2. The summed E-state index contributed by atoms with van der Waals surface area (Å²) in [5, 5.41) is 7.11. The topological polar surface area (TPSA) is 45.5 Å². The molecule has 1 N–H and O–H groups in total. The second-order valence-corrected chi connectivity index (χ2v) is 5.43. The summed E-state index contributed by atoms with van der Waals surface area (Å²) in [6, 6.07) is 6.01. The van der Waals surface area contributed by atoms with Crippen molar-refractivity contribution in [2.45, 2.75) is 25.4 Å². The van der Waals surface area contributed by atoms with Gasteiger partial charge in [-0.25, -0.2) is 4.79 Å². The number of nitrogens with one attached hydrogen (secondary N) is 1. The van der Waals surface area contributed by atoms with Crippen molar-refractivity contribution < 1.29 is 9.21 Å². The first-order valence-corrected chi connectivity index (χ1v) is 7.38. The molecule has 0 saturated carbocycles. The highest BCUT2D eigenvalue weighted by molar-refractivity contribution is 7.07. The van der Waals surface area contributed by atoms with Crippen molar-refractivity contribution in [3.63, 3.8) is 0 Å². The zero-order chi connectivity index (χ0) is 13.1. The third kappa shape index (κ3) is 2.66. The summed E-state index contributed by atoms with van der Waals surface area (Å²) in [4.78, 5) is 14.1. The molecule has 2 aromatic heterocycles. The van der Waals surface area contributed by atoms with Crippen LogP contribution in [0.5, 0.6) is 0 Å². The number of rotatable bonds is 3. The molecule has 2 amide bonds. The van der Waals surface area contributed by atoms with Crippen LogP contribution in [0.3, 0.4) is 0 Å². The summed E-state index contributed by atoms with van der Waals surface area (Å²) >= 11 is 1.68. The van der Waals surface area contributed by atoms with E-state index in [9.17, 15) is 4.79 Å². The summed E-state index contributed by atoms with van der Waals surface area (Å²) in [5.41, 5.74) is 1.25. The van der Waals surface area contributed by atoms with E-state index in [1.54, 1.807) is 17.6 Å². The van der Waals surface area contributed by atoms with Crippen molar-refractivity contribution in [1.29, 1.82) is 0 Å². The number of nitrogens with zero attached hydrogens (tertiary/aromatic N) is 1. The van der Waals surface area contributed by atoms with Crippen LogP contribution in [0.1, 0.15) is 30.2 Å². The minimum Gasteiger partial charge on any atom is -0.467 e. The maximum Gasteiger partial charge on any atom is 0.318 e. The van der Waals surface area contributed by atoms with E-state index in [2.05, 4.69) is 22.1 Å². The summed E-state index contributed by atoms with van der Waals surface area (Å²) in [6.07, 6.45) is 3.73. The lowest BCUT2D eigenvalue weighted by Crippen LogP contribution is -2.38. The second-order valence-electron chi connectivity index (χ2n) is 4.65. The molecule has 3 heterocycles. The number of thiophene rings is 1. The normalized spacial score (nSPS) is 18.7. The highest BCUT2D eigenvalue weighted by Crippen LogP contribution is 2.32. The Morgan fingerprint density at radius 3 is 3.21 bits per heavy atom. The van der Waals surface area contributed by atoms with Crippen LogP contribution < -0.4 is 5.32 Å². The van der Waals surface area contributed by atoms with Crippen LogP contribution in [0.25, 0.3) is 0 Å². The van der Waals surface area contributed by atoms with Gasteiger partial charge in [0.15, 0.2) is 0 Å². The largest absolute Gasteiger partial charge is 0.467 e.